The number of aromatic nitrogens is 1. The van der Waals surface area contributed by atoms with E-state index in [0.29, 0.717) is 5.69 Å². The number of carbonyl (C=O) groups excluding carboxylic acids is 2. The van der Waals surface area contributed by atoms with Gasteiger partial charge in [-0.2, -0.15) is 0 Å². The Hall–Kier alpha value is -2.04. The van der Waals surface area contributed by atoms with Crippen LogP contribution in [-0.4, -0.2) is 27.6 Å². The van der Waals surface area contributed by atoms with Gasteiger partial charge < -0.3 is 5.11 Å². The Bertz CT molecular complexity index is 425. The second kappa shape index (κ2) is 4.45. The van der Waals surface area contributed by atoms with Crippen LogP contribution < -0.4 is 0 Å². The lowest BCUT2D eigenvalue weighted by Crippen LogP contribution is -2.17. The van der Waals surface area contributed by atoms with Crippen molar-refractivity contribution in [3.8, 4) is 0 Å². The molecule has 1 aromatic rings. The first kappa shape index (κ1) is 11.0. The third-order valence-corrected chi connectivity index (χ3v) is 1.73. The molecule has 0 aliphatic carbocycles. The zero-order valence-corrected chi connectivity index (χ0v) is 8.06. The first-order chi connectivity index (χ1) is 7.00. The van der Waals surface area contributed by atoms with Crippen LogP contribution in [0.2, 0.25) is 0 Å². The number of carbonyl (C=O) groups is 3. The van der Waals surface area contributed by atoms with E-state index in [1.54, 1.807) is 19.1 Å². The molecule has 0 fully saturated rings. The van der Waals surface area contributed by atoms with Gasteiger partial charge in [0.05, 0.1) is 6.42 Å². The van der Waals surface area contributed by atoms with E-state index in [4.69, 9.17) is 5.11 Å². The quantitative estimate of drug-likeness (QED) is 0.444. The van der Waals surface area contributed by atoms with Crippen molar-refractivity contribution in [1.29, 1.82) is 0 Å². The molecule has 0 saturated heterocycles. The molecule has 0 aromatic carbocycles. The number of pyridine rings is 1. The summed E-state index contributed by atoms with van der Waals surface area (Å²) >= 11 is 0. The smallest absolute Gasteiger partial charge is 0.372 e. The molecule has 0 atom stereocenters. The van der Waals surface area contributed by atoms with Crippen LogP contribution in [0.15, 0.2) is 18.2 Å². The summed E-state index contributed by atoms with van der Waals surface area (Å²) in [5, 5.41) is 8.31. The molecule has 0 radical (unpaired) electrons. The van der Waals surface area contributed by atoms with Crippen molar-refractivity contribution in [2.75, 3.05) is 0 Å². The number of aryl methyl sites for hydroxylation is 1. The van der Waals surface area contributed by atoms with Crippen LogP contribution in [0.5, 0.6) is 0 Å². The van der Waals surface area contributed by atoms with Crippen LogP contribution in [-0.2, 0) is 9.59 Å². The molecule has 1 rings (SSSR count). The normalized spacial score (nSPS) is 9.67. The van der Waals surface area contributed by atoms with E-state index in [9.17, 15) is 14.4 Å². The largest absolute Gasteiger partial charge is 0.475 e. The van der Waals surface area contributed by atoms with E-state index in [-0.39, 0.29) is 5.69 Å². The number of Topliss-reactive ketones (excluding diaryl/α,β-unsaturated/α-hetero) is 2. The standard InChI is InChI=1S/C10H9NO4/c1-6-3-2-4-7(11-6)8(12)5-9(13)10(14)15/h2-4H,5H2,1H3,(H,14,15). The fourth-order valence-corrected chi connectivity index (χ4v) is 1.01. The molecule has 0 aliphatic rings. The summed E-state index contributed by atoms with van der Waals surface area (Å²) in [6.07, 6.45) is -0.647. The summed E-state index contributed by atoms with van der Waals surface area (Å²) in [7, 11) is 0. The highest BCUT2D eigenvalue weighted by Crippen LogP contribution is 2.02. The van der Waals surface area contributed by atoms with Crippen LogP contribution in [0.25, 0.3) is 0 Å². The molecule has 0 amide bonds. The lowest BCUT2D eigenvalue weighted by atomic mass is 10.1. The van der Waals surface area contributed by atoms with Crippen LogP contribution in [0.3, 0.4) is 0 Å². The number of carboxylic acid groups (broad SMARTS) is 1. The summed E-state index contributed by atoms with van der Waals surface area (Å²) in [6.45, 7) is 1.70. The van der Waals surface area contributed by atoms with Gasteiger partial charge in [-0.3, -0.25) is 14.6 Å². The number of aliphatic carboxylic acids is 1. The van der Waals surface area contributed by atoms with Gasteiger partial charge in [-0.25, -0.2) is 4.79 Å². The van der Waals surface area contributed by atoms with Crippen molar-refractivity contribution in [2.45, 2.75) is 13.3 Å². The van der Waals surface area contributed by atoms with Crippen molar-refractivity contribution >= 4 is 17.5 Å². The Morgan fingerprint density at radius 1 is 1.33 bits per heavy atom. The lowest BCUT2D eigenvalue weighted by Gasteiger charge is -1.98. The molecular formula is C10H9NO4. The predicted molar refractivity (Wildman–Crippen MR) is 50.6 cm³/mol. The molecule has 1 aromatic heterocycles. The summed E-state index contributed by atoms with van der Waals surface area (Å²) < 4.78 is 0. The first-order valence-electron chi connectivity index (χ1n) is 4.23. The molecule has 78 valence electrons. The summed E-state index contributed by atoms with van der Waals surface area (Å²) in [5.41, 5.74) is 0.758. The molecule has 15 heavy (non-hydrogen) atoms. The van der Waals surface area contributed by atoms with Crippen LogP contribution in [0.4, 0.5) is 0 Å². The fourth-order valence-electron chi connectivity index (χ4n) is 1.01. The number of hydrogen-bond acceptors (Lipinski definition) is 4. The highest BCUT2D eigenvalue weighted by Gasteiger charge is 2.18. The van der Waals surface area contributed by atoms with E-state index >= 15 is 0 Å². The zero-order valence-electron chi connectivity index (χ0n) is 8.06. The molecule has 0 saturated carbocycles. The van der Waals surface area contributed by atoms with Crippen molar-refractivity contribution in [3.63, 3.8) is 0 Å². The highest BCUT2D eigenvalue weighted by molar-refractivity contribution is 6.37. The minimum atomic E-state index is -1.60. The first-order valence-corrected chi connectivity index (χ1v) is 4.23. The Morgan fingerprint density at radius 3 is 2.53 bits per heavy atom. The Kier molecular flexibility index (Phi) is 3.28. The minimum absolute atomic E-state index is 0.115. The van der Waals surface area contributed by atoms with E-state index in [1.807, 2.05) is 0 Å². The maximum Gasteiger partial charge on any atom is 0.372 e. The van der Waals surface area contributed by atoms with Crippen molar-refractivity contribution in [2.24, 2.45) is 0 Å². The number of nitrogens with zero attached hydrogens (tertiary/aromatic N) is 1. The van der Waals surface area contributed by atoms with Crippen LogP contribution in [0.1, 0.15) is 22.6 Å². The van der Waals surface area contributed by atoms with Gasteiger partial charge in [0, 0.05) is 5.69 Å². The summed E-state index contributed by atoms with van der Waals surface area (Å²) in [6, 6.07) is 4.78. The molecule has 5 heteroatoms. The van der Waals surface area contributed by atoms with E-state index in [0.717, 1.165) is 0 Å². The van der Waals surface area contributed by atoms with Gasteiger partial charge in [-0.1, -0.05) is 6.07 Å². The Morgan fingerprint density at radius 2 is 2.00 bits per heavy atom. The third kappa shape index (κ3) is 2.98. The van der Waals surface area contributed by atoms with Gasteiger partial charge in [0.2, 0.25) is 5.78 Å². The molecule has 1 heterocycles. The van der Waals surface area contributed by atoms with Gasteiger partial charge in [0.25, 0.3) is 0 Å². The Labute approximate surface area is 85.8 Å². The van der Waals surface area contributed by atoms with Gasteiger partial charge in [-0.15, -0.1) is 0 Å². The molecule has 5 nitrogen and oxygen atoms in total. The number of carboxylic acids is 1. The molecule has 0 aliphatic heterocycles. The van der Waals surface area contributed by atoms with Gasteiger partial charge in [0.1, 0.15) is 5.69 Å². The van der Waals surface area contributed by atoms with Crippen molar-refractivity contribution in [3.05, 3.63) is 29.6 Å². The molecular weight excluding hydrogens is 198 g/mol. The predicted octanol–water partition coefficient (Wildman–Crippen LogP) is 0.617. The SMILES string of the molecule is Cc1cccc(C(=O)CC(=O)C(=O)O)n1. The van der Waals surface area contributed by atoms with Crippen molar-refractivity contribution in [1.82, 2.24) is 4.98 Å². The zero-order chi connectivity index (χ0) is 11.4. The summed E-state index contributed by atoms with van der Waals surface area (Å²) in [5.74, 6) is -3.30. The van der Waals surface area contributed by atoms with E-state index < -0.39 is 24.0 Å². The number of hydrogen-bond donors (Lipinski definition) is 1. The van der Waals surface area contributed by atoms with Gasteiger partial charge in [-0.05, 0) is 19.1 Å². The molecule has 0 bridgehead atoms. The second-order valence-electron chi connectivity index (χ2n) is 2.99. The van der Waals surface area contributed by atoms with Gasteiger partial charge >= 0.3 is 5.97 Å². The van der Waals surface area contributed by atoms with E-state index in [2.05, 4.69) is 4.98 Å². The highest BCUT2D eigenvalue weighted by atomic mass is 16.4. The molecule has 0 unspecified atom stereocenters. The maximum absolute atomic E-state index is 11.4. The maximum atomic E-state index is 11.4. The Balaban J connectivity index is 2.78. The van der Waals surface area contributed by atoms with Gasteiger partial charge in [0.15, 0.2) is 5.78 Å². The molecule has 0 spiro atoms. The second-order valence-corrected chi connectivity index (χ2v) is 2.99. The minimum Gasteiger partial charge on any atom is -0.475 e. The van der Waals surface area contributed by atoms with Crippen LogP contribution >= 0.6 is 0 Å². The van der Waals surface area contributed by atoms with E-state index in [1.165, 1.54) is 6.07 Å². The fraction of sp³-hybridized carbons (Fsp3) is 0.200. The molecule has 1 N–H and O–H groups in total. The average molecular weight is 207 g/mol. The number of ketones is 2. The summed E-state index contributed by atoms with van der Waals surface area (Å²) in [4.78, 5) is 36.2. The average Bonchev–Trinajstić information content (AvgIpc) is 2.17. The topological polar surface area (TPSA) is 84.3 Å². The lowest BCUT2D eigenvalue weighted by molar-refractivity contribution is -0.148. The number of rotatable bonds is 4. The third-order valence-electron chi connectivity index (χ3n) is 1.73. The monoisotopic (exact) mass is 207 g/mol. The van der Waals surface area contributed by atoms with Crippen LogP contribution in [0, 0.1) is 6.92 Å². The van der Waals surface area contributed by atoms with Crippen molar-refractivity contribution < 1.29 is 19.5 Å².